The van der Waals surface area contributed by atoms with E-state index in [2.05, 4.69) is 46.0 Å². The highest BCUT2D eigenvalue weighted by Gasteiger charge is 2.44. The summed E-state index contributed by atoms with van der Waals surface area (Å²) >= 11 is 0. The van der Waals surface area contributed by atoms with Crippen LogP contribution in [0.4, 0.5) is 0 Å². The zero-order chi connectivity index (χ0) is 13.6. The Morgan fingerprint density at radius 3 is 2.67 bits per heavy atom. The standard InChI is InChI=1S/C14H25NO2Si/c1-14(2,3)18(4,5)17-12-7-6-10-15-11(12)8-9-13(15)16/h6-7,11-12H,8-10H2,1-5H3/t11-,12-/m1/s1. The van der Waals surface area contributed by atoms with Gasteiger partial charge in [-0.3, -0.25) is 4.79 Å². The van der Waals surface area contributed by atoms with E-state index in [1.54, 1.807) is 0 Å². The third kappa shape index (κ3) is 2.41. The lowest BCUT2D eigenvalue weighted by molar-refractivity contribution is -0.129. The summed E-state index contributed by atoms with van der Waals surface area (Å²) in [6, 6.07) is 0.275. The first-order valence-electron chi connectivity index (χ1n) is 6.86. The molecular weight excluding hydrogens is 242 g/mol. The van der Waals surface area contributed by atoms with Gasteiger partial charge in [-0.05, 0) is 24.6 Å². The molecule has 18 heavy (non-hydrogen) atoms. The van der Waals surface area contributed by atoms with Gasteiger partial charge in [0.2, 0.25) is 5.91 Å². The van der Waals surface area contributed by atoms with Crippen LogP contribution in [0.1, 0.15) is 33.6 Å². The number of hydrogen-bond acceptors (Lipinski definition) is 2. The number of rotatable bonds is 2. The van der Waals surface area contributed by atoms with Crippen molar-refractivity contribution >= 4 is 14.2 Å². The highest BCUT2D eigenvalue weighted by atomic mass is 28.4. The molecule has 1 amide bonds. The summed E-state index contributed by atoms with van der Waals surface area (Å²) in [6.07, 6.45) is 5.98. The van der Waals surface area contributed by atoms with E-state index in [9.17, 15) is 4.79 Å². The third-order valence-electron chi connectivity index (χ3n) is 4.62. The van der Waals surface area contributed by atoms with E-state index in [-0.39, 0.29) is 23.1 Å². The minimum Gasteiger partial charge on any atom is -0.408 e. The topological polar surface area (TPSA) is 29.5 Å². The molecule has 0 bridgehead atoms. The molecule has 2 aliphatic heterocycles. The monoisotopic (exact) mass is 267 g/mol. The summed E-state index contributed by atoms with van der Waals surface area (Å²) < 4.78 is 6.46. The van der Waals surface area contributed by atoms with Gasteiger partial charge in [0.25, 0.3) is 0 Å². The Morgan fingerprint density at radius 1 is 1.39 bits per heavy atom. The van der Waals surface area contributed by atoms with E-state index in [0.29, 0.717) is 6.42 Å². The largest absolute Gasteiger partial charge is 0.408 e. The minimum atomic E-state index is -1.76. The lowest BCUT2D eigenvalue weighted by atomic mass is 10.1. The molecule has 4 heteroatoms. The number of amides is 1. The fourth-order valence-electron chi connectivity index (χ4n) is 2.41. The van der Waals surface area contributed by atoms with E-state index in [1.807, 2.05) is 4.90 Å². The van der Waals surface area contributed by atoms with E-state index < -0.39 is 8.32 Å². The van der Waals surface area contributed by atoms with E-state index in [4.69, 9.17) is 4.43 Å². The number of hydrogen-bond donors (Lipinski definition) is 0. The van der Waals surface area contributed by atoms with Crippen LogP contribution in [-0.2, 0) is 9.22 Å². The van der Waals surface area contributed by atoms with Crippen molar-refractivity contribution in [3.8, 4) is 0 Å². The number of carbonyl (C=O) groups excluding carboxylic acids is 1. The molecule has 1 fully saturated rings. The molecule has 0 spiro atoms. The van der Waals surface area contributed by atoms with Crippen LogP contribution < -0.4 is 0 Å². The second-order valence-electron chi connectivity index (χ2n) is 6.92. The smallest absolute Gasteiger partial charge is 0.223 e. The molecule has 0 unspecified atom stereocenters. The molecule has 0 aromatic heterocycles. The molecule has 2 rings (SSSR count). The first kappa shape index (κ1) is 13.8. The summed E-state index contributed by atoms with van der Waals surface area (Å²) in [5.41, 5.74) is 0. The molecule has 2 atom stereocenters. The first-order valence-corrected chi connectivity index (χ1v) is 9.77. The van der Waals surface area contributed by atoms with Crippen LogP contribution >= 0.6 is 0 Å². The second kappa shape index (κ2) is 4.49. The predicted molar refractivity (Wildman–Crippen MR) is 75.9 cm³/mol. The van der Waals surface area contributed by atoms with Gasteiger partial charge in [0.15, 0.2) is 8.32 Å². The Kier molecular flexibility index (Phi) is 3.45. The average molecular weight is 267 g/mol. The molecule has 0 aromatic rings. The van der Waals surface area contributed by atoms with E-state index in [0.717, 1.165) is 13.0 Å². The van der Waals surface area contributed by atoms with Crippen molar-refractivity contribution in [3.05, 3.63) is 12.2 Å². The molecule has 0 N–H and O–H groups in total. The molecule has 2 heterocycles. The van der Waals surface area contributed by atoms with Crippen LogP contribution in [0.15, 0.2) is 12.2 Å². The van der Waals surface area contributed by atoms with Crippen molar-refractivity contribution in [1.29, 1.82) is 0 Å². The van der Waals surface area contributed by atoms with Gasteiger partial charge in [-0.1, -0.05) is 32.9 Å². The van der Waals surface area contributed by atoms with Crippen molar-refractivity contribution in [1.82, 2.24) is 4.90 Å². The molecular formula is C14H25NO2Si. The second-order valence-corrected chi connectivity index (χ2v) is 11.7. The maximum atomic E-state index is 11.8. The van der Waals surface area contributed by atoms with Gasteiger partial charge in [0, 0.05) is 13.0 Å². The molecule has 0 radical (unpaired) electrons. The predicted octanol–water partition coefficient (Wildman–Crippen LogP) is 2.94. The lowest BCUT2D eigenvalue weighted by Crippen LogP contribution is -2.51. The highest BCUT2D eigenvalue weighted by Crippen LogP contribution is 2.39. The zero-order valence-electron chi connectivity index (χ0n) is 12.2. The van der Waals surface area contributed by atoms with Crippen LogP contribution in [0.5, 0.6) is 0 Å². The van der Waals surface area contributed by atoms with Gasteiger partial charge in [0.05, 0.1) is 12.1 Å². The summed E-state index contributed by atoms with van der Waals surface area (Å²) in [6.45, 7) is 12.1. The van der Waals surface area contributed by atoms with Crippen molar-refractivity contribution in [2.24, 2.45) is 0 Å². The summed E-state index contributed by atoms with van der Waals surface area (Å²) in [5, 5.41) is 0.214. The fraction of sp³-hybridized carbons (Fsp3) is 0.786. The molecule has 2 aliphatic rings. The maximum Gasteiger partial charge on any atom is 0.223 e. The number of nitrogens with zero attached hydrogens (tertiary/aromatic N) is 1. The quantitative estimate of drug-likeness (QED) is 0.569. The Morgan fingerprint density at radius 2 is 2.06 bits per heavy atom. The average Bonchev–Trinajstić information content (AvgIpc) is 2.60. The lowest BCUT2D eigenvalue weighted by Gasteiger charge is -2.42. The van der Waals surface area contributed by atoms with Crippen molar-refractivity contribution in [3.63, 3.8) is 0 Å². The molecule has 0 aliphatic carbocycles. The minimum absolute atomic E-state index is 0.103. The summed E-state index contributed by atoms with van der Waals surface area (Å²) in [7, 11) is -1.76. The van der Waals surface area contributed by atoms with Crippen molar-refractivity contribution in [2.45, 2.75) is 63.9 Å². The molecule has 0 saturated carbocycles. The molecule has 0 aromatic carbocycles. The molecule has 102 valence electrons. The summed E-state index contributed by atoms with van der Waals surface area (Å²) in [5.74, 6) is 0.285. The Hall–Kier alpha value is -0.613. The van der Waals surface area contributed by atoms with E-state index in [1.165, 1.54) is 0 Å². The molecule has 1 saturated heterocycles. The fourth-order valence-corrected chi connectivity index (χ4v) is 3.68. The third-order valence-corrected chi connectivity index (χ3v) is 9.09. The van der Waals surface area contributed by atoms with Crippen molar-refractivity contribution < 1.29 is 9.22 Å². The first-order chi connectivity index (χ1) is 8.22. The van der Waals surface area contributed by atoms with Gasteiger partial charge < -0.3 is 9.33 Å². The maximum absolute atomic E-state index is 11.8. The Bertz CT molecular complexity index is 370. The highest BCUT2D eigenvalue weighted by molar-refractivity contribution is 6.74. The number of fused-ring (bicyclic) bond motifs is 1. The van der Waals surface area contributed by atoms with Crippen molar-refractivity contribution in [2.75, 3.05) is 6.54 Å². The van der Waals surface area contributed by atoms with Crippen LogP contribution in [0.3, 0.4) is 0 Å². The Labute approximate surface area is 111 Å². The van der Waals surface area contributed by atoms with Gasteiger partial charge in [-0.2, -0.15) is 0 Å². The summed E-state index contributed by atoms with van der Waals surface area (Å²) in [4.78, 5) is 13.7. The van der Waals surface area contributed by atoms with Crippen LogP contribution in [0.25, 0.3) is 0 Å². The van der Waals surface area contributed by atoms with Gasteiger partial charge in [0.1, 0.15) is 0 Å². The van der Waals surface area contributed by atoms with Gasteiger partial charge in [-0.15, -0.1) is 0 Å². The van der Waals surface area contributed by atoms with Crippen LogP contribution in [0, 0.1) is 0 Å². The number of carbonyl (C=O) groups is 1. The Balaban J connectivity index is 2.12. The van der Waals surface area contributed by atoms with Crippen LogP contribution in [0.2, 0.25) is 18.1 Å². The van der Waals surface area contributed by atoms with Crippen LogP contribution in [-0.4, -0.2) is 37.8 Å². The zero-order valence-corrected chi connectivity index (χ0v) is 13.2. The van der Waals surface area contributed by atoms with Gasteiger partial charge >= 0.3 is 0 Å². The SMILES string of the molecule is CC(C)(C)[Si](C)(C)O[C@@H]1C=CCN2C(=O)CC[C@H]12. The van der Waals surface area contributed by atoms with E-state index >= 15 is 0 Å². The van der Waals surface area contributed by atoms with Gasteiger partial charge in [-0.25, -0.2) is 0 Å². The normalized spacial score (nSPS) is 28.7. The molecule has 3 nitrogen and oxygen atoms in total.